The van der Waals surface area contributed by atoms with Crippen LogP contribution in [0.3, 0.4) is 0 Å². The second kappa shape index (κ2) is 5.74. The Morgan fingerprint density at radius 3 is 2.11 bits per heavy atom. The normalized spacial score (nSPS) is 12.2. The van der Waals surface area contributed by atoms with Crippen molar-refractivity contribution in [2.45, 2.75) is 37.5 Å². The van der Waals surface area contributed by atoms with E-state index in [4.69, 9.17) is 0 Å². The average Bonchev–Trinajstić information content (AvgIpc) is 2.35. The van der Waals surface area contributed by atoms with Crippen LogP contribution in [-0.2, 0) is 24.8 Å². The van der Waals surface area contributed by atoms with Gasteiger partial charge >= 0.3 is 5.97 Å². The minimum absolute atomic E-state index is 0.0195. The fourth-order valence-corrected chi connectivity index (χ4v) is 2.82. The first kappa shape index (κ1) is 15.7. The van der Waals surface area contributed by atoms with Gasteiger partial charge in [0.1, 0.15) is 0 Å². The van der Waals surface area contributed by atoms with Gasteiger partial charge in [0.25, 0.3) is 0 Å². The summed E-state index contributed by atoms with van der Waals surface area (Å²) in [6.07, 6.45) is -0.125. The fourth-order valence-electron chi connectivity index (χ4n) is 1.60. The highest BCUT2D eigenvalue weighted by atomic mass is 32.2. The zero-order valence-corrected chi connectivity index (χ0v) is 12.6. The van der Waals surface area contributed by atoms with Crippen LogP contribution in [0.2, 0.25) is 0 Å². The van der Waals surface area contributed by atoms with E-state index in [9.17, 15) is 13.2 Å². The summed E-state index contributed by atoms with van der Waals surface area (Å²) in [6, 6.07) is 6.80. The molecule has 106 valence electrons. The highest BCUT2D eigenvalue weighted by Gasteiger charge is 2.18. The molecule has 0 saturated heterocycles. The SMILES string of the molecule is COC(=O)CCS(=O)(=O)c1ccc(C(C)(C)C)cc1. The molecule has 0 aromatic heterocycles. The molecule has 0 spiro atoms. The Morgan fingerprint density at radius 1 is 1.16 bits per heavy atom. The molecule has 0 bridgehead atoms. The van der Waals surface area contributed by atoms with Gasteiger partial charge in [-0.2, -0.15) is 0 Å². The number of rotatable bonds is 4. The molecule has 0 saturated carbocycles. The van der Waals surface area contributed by atoms with Gasteiger partial charge in [-0.3, -0.25) is 4.79 Å². The third-order valence-corrected chi connectivity index (χ3v) is 4.61. The van der Waals surface area contributed by atoms with E-state index < -0.39 is 15.8 Å². The van der Waals surface area contributed by atoms with E-state index >= 15 is 0 Å². The van der Waals surface area contributed by atoms with Crippen molar-refractivity contribution in [2.75, 3.05) is 12.9 Å². The summed E-state index contributed by atoms with van der Waals surface area (Å²) in [4.78, 5) is 11.2. The van der Waals surface area contributed by atoms with Crippen LogP contribution < -0.4 is 0 Å². The number of hydrogen-bond donors (Lipinski definition) is 0. The van der Waals surface area contributed by atoms with E-state index in [0.29, 0.717) is 0 Å². The molecule has 4 nitrogen and oxygen atoms in total. The molecule has 1 rings (SSSR count). The van der Waals surface area contributed by atoms with Gasteiger partial charge in [-0.15, -0.1) is 0 Å². The predicted molar refractivity (Wildman–Crippen MR) is 73.8 cm³/mol. The van der Waals surface area contributed by atoms with Crippen LogP contribution in [0.4, 0.5) is 0 Å². The zero-order chi connectivity index (χ0) is 14.7. The smallest absolute Gasteiger partial charge is 0.306 e. The molecule has 1 aromatic rings. The van der Waals surface area contributed by atoms with Crippen LogP contribution in [-0.4, -0.2) is 27.2 Å². The molecule has 5 heteroatoms. The summed E-state index contributed by atoms with van der Waals surface area (Å²) in [6.45, 7) is 6.19. The molecule has 0 aliphatic carbocycles. The highest BCUT2D eigenvalue weighted by Crippen LogP contribution is 2.23. The monoisotopic (exact) mass is 284 g/mol. The largest absolute Gasteiger partial charge is 0.469 e. The van der Waals surface area contributed by atoms with E-state index in [1.807, 2.05) is 12.1 Å². The van der Waals surface area contributed by atoms with Gasteiger partial charge in [0.2, 0.25) is 0 Å². The molecule has 0 aliphatic rings. The molecule has 0 fully saturated rings. The van der Waals surface area contributed by atoms with E-state index in [0.717, 1.165) is 5.56 Å². The Kier molecular flexibility index (Phi) is 4.74. The lowest BCUT2D eigenvalue weighted by Gasteiger charge is -2.19. The summed E-state index contributed by atoms with van der Waals surface area (Å²) in [5.41, 5.74) is 1.05. The maximum atomic E-state index is 12.0. The lowest BCUT2D eigenvalue weighted by atomic mass is 9.87. The number of ether oxygens (including phenoxy) is 1. The number of carbonyl (C=O) groups is 1. The average molecular weight is 284 g/mol. The Labute approximate surface area is 114 Å². The second-order valence-electron chi connectivity index (χ2n) is 5.42. The first-order valence-corrected chi connectivity index (χ1v) is 7.72. The Bertz CT molecular complexity index is 536. The van der Waals surface area contributed by atoms with E-state index in [-0.39, 0.29) is 22.5 Å². The topological polar surface area (TPSA) is 60.4 Å². The number of carbonyl (C=O) groups excluding carboxylic acids is 1. The van der Waals surface area contributed by atoms with Gasteiger partial charge in [-0.25, -0.2) is 8.42 Å². The maximum Gasteiger partial charge on any atom is 0.306 e. The quantitative estimate of drug-likeness (QED) is 0.796. The van der Waals surface area contributed by atoms with Gasteiger partial charge in [-0.1, -0.05) is 32.9 Å². The van der Waals surface area contributed by atoms with Gasteiger partial charge < -0.3 is 4.74 Å². The lowest BCUT2D eigenvalue weighted by Crippen LogP contribution is -2.14. The Hall–Kier alpha value is -1.36. The van der Waals surface area contributed by atoms with Crippen molar-refractivity contribution in [3.63, 3.8) is 0 Å². The van der Waals surface area contributed by atoms with Crippen molar-refractivity contribution in [2.24, 2.45) is 0 Å². The standard InChI is InChI=1S/C14H20O4S/c1-14(2,3)11-5-7-12(8-6-11)19(16,17)10-9-13(15)18-4/h5-8H,9-10H2,1-4H3. The summed E-state index contributed by atoms with van der Waals surface area (Å²) >= 11 is 0. The Morgan fingerprint density at radius 2 is 1.68 bits per heavy atom. The first-order chi connectivity index (χ1) is 8.66. The minimum atomic E-state index is -3.43. The molecular weight excluding hydrogens is 264 g/mol. The van der Waals surface area contributed by atoms with Crippen LogP contribution in [0, 0.1) is 0 Å². The minimum Gasteiger partial charge on any atom is -0.469 e. The number of benzene rings is 1. The molecule has 0 atom stereocenters. The molecule has 0 radical (unpaired) electrons. The Balaban J connectivity index is 2.88. The summed E-state index contributed by atoms with van der Waals surface area (Å²) in [5, 5.41) is 0. The number of esters is 1. The predicted octanol–water partition coefficient (Wildman–Crippen LogP) is 2.32. The van der Waals surface area contributed by atoms with E-state index in [1.54, 1.807) is 12.1 Å². The molecule has 0 aliphatic heterocycles. The highest BCUT2D eigenvalue weighted by molar-refractivity contribution is 7.91. The molecule has 0 amide bonds. The van der Waals surface area contributed by atoms with Gasteiger partial charge in [0, 0.05) is 0 Å². The molecule has 0 unspecified atom stereocenters. The van der Waals surface area contributed by atoms with Crippen LogP contribution in [0.15, 0.2) is 29.2 Å². The maximum absolute atomic E-state index is 12.0. The van der Waals surface area contributed by atoms with Gasteiger partial charge in [-0.05, 0) is 23.1 Å². The van der Waals surface area contributed by atoms with Crippen molar-refractivity contribution in [1.82, 2.24) is 0 Å². The van der Waals surface area contributed by atoms with Crippen molar-refractivity contribution in [3.8, 4) is 0 Å². The third-order valence-electron chi connectivity index (χ3n) is 2.88. The summed E-state index contributed by atoms with van der Waals surface area (Å²) < 4.78 is 28.5. The second-order valence-corrected chi connectivity index (χ2v) is 7.53. The van der Waals surface area contributed by atoms with Crippen molar-refractivity contribution < 1.29 is 17.9 Å². The number of methoxy groups -OCH3 is 1. The fraction of sp³-hybridized carbons (Fsp3) is 0.500. The zero-order valence-electron chi connectivity index (χ0n) is 11.8. The number of hydrogen-bond acceptors (Lipinski definition) is 4. The molecule has 0 N–H and O–H groups in total. The van der Waals surface area contributed by atoms with Crippen LogP contribution in [0.5, 0.6) is 0 Å². The van der Waals surface area contributed by atoms with Gasteiger partial charge in [0.15, 0.2) is 9.84 Å². The van der Waals surface area contributed by atoms with Crippen molar-refractivity contribution in [1.29, 1.82) is 0 Å². The number of sulfone groups is 1. The molecule has 19 heavy (non-hydrogen) atoms. The van der Waals surface area contributed by atoms with Crippen LogP contribution >= 0.6 is 0 Å². The van der Waals surface area contributed by atoms with Crippen LogP contribution in [0.1, 0.15) is 32.8 Å². The first-order valence-electron chi connectivity index (χ1n) is 6.07. The van der Waals surface area contributed by atoms with Gasteiger partial charge in [0.05, 0.1) is 24.2 Å². The molecule has 0 heterocycles. The summed E-state index contributed by atoms with van der Waals surface area (Å²) in [7, 11) is -2.19. The van der Waals surface area contributed by atoms with E-state index in [1.165, 1.54) is 7.11 Å². The molecule has 1 aromatic carbocycles. The van der Waals surface area contributed by atoms with Crippen molar-refractivity contribution in [3.05, 3.63) is 29.8 Å². The lowest BCUT2D eigenvalue weighted by molar-refractivity contribution is -0.140. The van der Waals surface area contributed by atoms with Crippen LogP contribution in [0.25, 0.3) is 0 Å². The molecular formula is C14H20O4S. The third kappa shape index (κ3) is 4.35. The van der Waals surface area contributed by atoms with E-state index in [2.05, 4.69) is 25.5 Å². The van der Waals surface area contributed by atoms with Crippen molar-refractivity contribution >= 4 is 15.8 Å². The summed E-state index contributed by atoms with van der Waals surface area (Å²) in [5.74, 6) is -0.746.